The van der Waals surface area contributed by atoms with E-state index in [1.54, 1.807) is 21.0 Å². The zero-order chi connectivity index (χ0) is 6.57. The molecule has 0 N–H and O–H groups in total. The molecular formula is C5H11N2O. The van der Waals surface area contributed by atoms with Crippen LogP contribution in [0.2, 0.25) is 0 Å². The van der Waals surface area contributed by atoms with Gasteiger partial charge in [0, 0.05) is 20.5 Å². The minimum atomic E-state index is -0.0741. The van der Waals surface area contributed by atoms with Crippen LogP contribution >= 0.6 is 0 Å². The number of carbonyl (C=O) groups excluding carboxylic acids is 1. The van der Waals surface area contributed by atoms with Crippen molar-refractivity contribution in [2.45, 2.75) is 13.3 Å². The van der Waals surface area contributed by atoms with E-state index in [0.29, 0.717) is 6.42 Å². The molecule has 0 aromatic carbocycles. The summed E-state index contributed by atoms with van der Waals surface area (Å²) in [6, 6.07) is 0. The molecule has 0 aliphatic heterocycles. The standard InChI is InChI=1S/C5H11N2O/c1-4-5(8)6-7(2)3/h4H2,1-3H3. The lowest BCUT2D eigenvalue weighted by molar-refractivity contribution is -0.124. The third-order valence-electron chi connectivity index (χ3n) is 0.614. The van der Waals surface area contributed by atoms with Gasteiger partial charge in [-0.15, -0.1) is 0 Å². The Balaban J connectivity index is 3.25. The molecule has 0 heterocycles. The van der Waals surface area contributed by atoms with Crippen LogP contribution in [-0.4, -0.2) is 25.0 Å². The fourth-order valence-corrected chi connectivity index (χ4v) is 0.294. The monoisotopic (exact) mass is 115 g/mol. The Morgan fingerprint density at radius 2 is 2.12 bits per heavy atom. The first-order valence-corrected chi connectivity index (χ1v) is 2.58. The lowest BCUT2D eigenvalue weighted by Gasteiger charge is -2.04. The number of hydrogen-bond acceptors (Lipinski definition) is 2. The average molecular weight is 115 g/mol. The van der Waals surface area contributed by atoms with Crippen LogP contribution in [0, 0.1) is 0 Å². The Hall–Kier alpha value is -0.570. The third-order valence-corrected chi connectivity index (χ3v) is 0.614. The van der Waals surface area contributed by atoms with Gasteiger partial charge in [-0.2, -0.15) is 5.43 Å². The first-order chi connectivity index (χ1) is 3.66. The summed E-state index contributed by atoms with van der Waals surface area (Å²) in [6.07, 6.45) is 0.484. The summed E-state index contributed by atoms with van der Waals surface area (Å²) in [5.74, 6) is -0.0741. The van der Waals surface area contributed by atoms with Crippen LogP contribution in [0.5, 0.6) is 0 Å². The highest BCUT2D eigenvalue weighted by Crippen LogP contribution is 1.76. The number of rotatable bonds is 2. The molecule has 0 aromatic heterocycles. The van der Waals surface area contributed by atoms with Crippen molar-refractivity contribution in [2.24, 2.45) is 0 Å². The van der Waals surface area contributed by atoms with E-state index in [4.69, 9.17) is 0 Å². The maximum Gasteiger partial charge on any atom is 0.257 e. The molecule has 0 unspecified atom stereocenters. The highest BCUT2D eigenvalue weighted by Gasteiger charge is 1.97. The van der Waals surface area contributed by atoms with Gasteiger partial charge >= 0.3 is 0 Å². The van der Waals surface area contributed by atoms with Gasteiger partial charge in [0.25, 0.3) is 5.91 Å². The van der Waals surface area contributed by atoms with E-state index in [1.807, 2.05) is 0 Å². The zero-order valence-electron chi connectivity index (χ0n) is 5.51. The molecule has 0 aliphatic rings. The average Bonchev–Trinajstić information content (AvgIpc) is 1.65. The predicted octanol–water partition coefficient (Wildman–Crippen LogP) is 0.00400. The Bertz CT molecular complexity index is 80.5. The normalized spacial score (nSPS) is 9.50. The maximum atomic E-state index is 10.4. The molecule has 0 atom stereocenters. The lowest BCUT2D eigenvalue weighted by Crippen LogP contribution is -2.28. The molecule has 0 saturated heterocycles. The number of hydrogen-bond donors (Lipinski definition) is 0. The SMILES string of the molecule is CCC(=O)[N]N(C)C. The topological polar surface area (TPSA) is 34.4 Å². The second-order valence-corrected chi connectivity index (χ2v) is 1.69. The van der Waals surface area contributed by atoms with E-state index in [9.17, 15) is 4.79 Å². The third kappa shape index (κ3) is 3.61. The lowest BCUT2D eigenvalue weighted by atomic mass is 10.5. The van der Waals surface area contributed by atoms with Crippen LogP contribution in [0.1, 0.15) is 13.3 Å². The van der Waals surface area contributed by atoms with Crippen molar-refractivity contribution in [3.63, 3.8) is 0 Å². The molecule has 3 nitrogen and oxygen atoms in total. The van der Waals surface area contributed by atoms with Crippen molar-refractivity contribution in [2.75, 3.05) is 14.1 Å². The van der Waals surface area contributed by atoms with Crippen LogP contribution in [0.15, 0.2) is 0 Å². The van der Waals surface area contributed by atoms with E-state index in [1.165, 1.54) is 5.01 Å². The molecule has 0 aliphatic carbocycles. The summed E-state index contributed by atoms with van der Waals surface area (Å²) in [6.45, 7) is 1.79. The van der Waals surface area contributed by atoms with Gasteiger partial charge in [-0.1, -0.05) is 6.92 Å². The van der Waals surface area contributed by atoms with Crippen LogP contribution in [0.25, 0.3) is 0 Å². The Morgan fingerprint density at radius 1 is 1.62 bits per heavy atom. The van der Waals surface area contributed by atoms with Crippen molar-refractivity contribution in [1.29, 1.82) is 0 Å². The van der Waals surface area contributed by atoms with Gasteiger partial charge in [-0.05, 0) is 0 Å². The van der Waals surface area contributed by atoms with Crippen molar-refractivity contribution in [1.82, 2.24) is 10.4 Å². The van der Waals surface area contributed by atoms with Gasteiger partial charge < -0.3 is 0 Å². The Labute approximate surface area is 49.6 Å². The summed E-state index contributed by atoms with van der Waals surface area (Å²) >= 11 is 0. The second kappa shape index (κ2) is 3.43. The molecule has 8 heavy (non-hydrogen) atoms. The highest BCUT2D eigenvalue weighted by atomic mass is 16.2. The van der Waals surface area contributed by atoms with E-state index in [2.05, 4.69) is 5.43 Å². The quantitative estimate of drug-likeness (QED) is 0.475. The summed E-state index contributed by atoms with van der Waals surface area (Å²) in [5.41, 5.74) is 3.59. The van der Waals surface area contributed by atoms with Crippen molar-refractivity contribution < 1.29 is 4.79 Å². The molecule has 0 spiro atoms. The largest absolute Gasteiger partial charge is 0.271 e. The molecule has 0 rings (SSSR count). The Morgan fingerprint density at radius 3 is 2.25 bits per heavy atom. The Kier molecular flexibility index (Phi) is 3.19. The second-order valence-electron chi connectivity index (χ2n) is 1.69. The molecular weight excluding hydrogens is 104 g/mol. The van der Waals surface area contributed by atoms with E-state index < -0.39 is 0 Å². The van der Waals surface area contributed by atoms with Gasteiger partial charge in [0.1, 0.15) is 0 Å². The zero-order valence-corrected chi connectivity index (χ0v) is 5.51. The van der Waals surface area contributed by atoms with E-state index in [-0.39, 0.29) is 5.91 Å². The van der Waals surface area contributed by atoms with Crippen LogP contribution in [0.4, 0.5) is 0 Å². The van der Waals surface area contributed by atoms with Gasteiger partial charge in [-0.25, -0.2) is 5.01 Å². The summed E-state index contributed by atoms with van der Waals surface area (Å²) in [5, 5.41) is 1.51. The van der Waals surface area contributed by atoms with Crippen molar-refractivity contribution in [3.05, 3.63) is 0 Å². The first-order valence-electron chi connectivity index (χ1n) is 2.58. The van der Waals surface area contributed by atoms with Crippen molar-refractivity contribution in [3.8, 4) is 0 Å². The fourth-order valence-electron chi connectivity index (χ4n) is 0.294. The first kappa shape index (κ1) is 7.43. The van der Waals surface area contributed by atoms with Gasteiger partial charge in [0.2, 0.25) is 0 Å². The molecule has 47 valence electrons. The van der Waals surface area contributed by atoms with E-state index >= 15 is 0 Å². The fraction of sp³-hybridized carbons (Fsp3) is 0.800. The predicted molar refractivity (Wildman–Crippen MR) is 31.1 cm³/mol. The van der Waals surface area contributed by atoms with Crippen LogP contribution < -0.4 is 5.43 Å². The smallest absolute Gasteiger partial charge is 0.257 e. The maximum absolute atomic E-state index is 10.4. The molecule has 0 bridgehead atoms. The van der Waals surface area contributed by atoms with Gasteiger partial charge in [0.15, 0.2) is 0 Å². The molecule has 1 amide bonds. The minimum absolute atomic E-state index is 0.0741. The van der Waals surface area contributed by atoms with Gasteiger partial charge in [0.05, 0.1) is 0 Å². The number of nitrogens with zero attached hydrogens (tertiary/aromatic N) is 2. The van der Waals surface area contributed by atoms with Crippen LogP contribution in [-0.2, 0) is 4.79 Å². The summed E-state index contributed by atoms with van der Waals surface area (Å²) in [7, 11) is 3.46. The summed E-state index contributed by atoms with van der Waals surface area (Å²) in [4.78, 5) is 10.4. The molecule has 0 fully saturated rings. The van der Waals surface area contributed by atoms with Gasteiger partial charge in [-0.3, -0.25) is 4.79 Å². The summed E-state index contributed by atoms with van der Waals surface area (Å²) < 4.78 is 0. The molecule has 1 radical (unpaired) electrons. The van der Waals surface area contributed by atoms with Crippen molar-refractivity contribution >= 4 is 5.91 Å². The molecule has 3 heteroatoms. The highest BCUT2D eigenvalue weighted by molar-refractivity contribution is 5.74. The molecule has 0 saturated carbocycles. The molecule has 0 aromatic rings. The minimum Gasteiger partial charge on any atom is -0.271 e. The van der Waals surface area contributed by atoms with Crippen LogP contribution in [0.3, 0.4) is 0 Å². The number of carbonyl (C=O) groups is 1. The number of amides is 1. The van der Waals surface area contributed by atoms with E-state index in [0.717, 1.165) is 0 Å².